The predicted octanol–water partition coefficient (Wildman–Crippen LogP) is 4.30. The standard InChI is InChI=1S/C30H28FN3O7S/c1-33(42(4,37)38)27-22-6-5-13-32-26(22)28(41-17-18-7-11-21(39-2)12-8-18)25-24(27)16-34(29(25)35)15-19-9-10-20(31)14-23(19)30(36)40-3/h5-14H,15-17H2,1-4H3. The Kier molecular flexibility index (Phi) is 7.74. The van der Waals surface area contributed by atoms with Crippen LogP contribution in [0.4, 0.5) is 10.1 Å². The van der Waals surface area contributed by atoms with E-state index in [1.54, 1.807) is 31.4 Å². The second-order valence-electron chi connectivity index (χ2n) is 9.75. The van der Waals surface area contributed by atoms with Gasteiger partial charge in [0.15, 0.2) is 5.75 Å². The Morgan fingerprint density at radius 2 is 1.86 bits per heavy atom. The highest BCUT2D eigenvalue weighted by Crippen LogP contribution is 2.45. The molecule has 2 heterocycles. The number of benzene rings is 3. The maximum atomic E-state index is 14.0. The molecule has 1 aromatic heterocycles. The quantitative estimate of drug-likeness (QED) is 0.264. The summed E-state index contributed by atoms with van der Waals surface area (Å²) >= 11 is 0. The summed E-state index contributed by atoms with van der Waals surface area (Å²) in [5.74, 6) is -0.936. The molecule has 218 valence electrons. The fourth-order valence-corrected chi connectivity index (χ4v) is 5.52. The van der Waals surface area contributed by atoms with Gasteiger partial charge in [0.2, 0.25) is 10.0 Å². The number of anilines is 1. The Hall–Kier alpha value is -4.71. The van der Waals surface area contributed by atoms with Crippen LogP contribution in [0.3, 0.4) is 0 Å². The van der Waals surface area contributed by atoms with Crippen molar-refractivity contribution in [3.05, 3.63) is 94.4 Å². The second kappa shape index (κ2) is 11.3. The van der Waals surface area contributed by atoms with Gasteiger partial charge in [-0.2, -0.15) is 0 Å². The fraction of sp³-hybridized carbons (Fsp3) is 0.233. The van der Waals surface area contributed by atoms with Crippen LogP contribution in [0.5, 0.6) is 11.5 Å². The summed E-state index contributed by atoms with van der Waals surface area (Å²) in [6, 6.07) is 14.3. The number of hydrogen-bond acceptors (Lipinski definition) is 8. The molecule has 0 saturated heterocycles. The average molecular weight is 594 g/mol. The Morgan fingerprint density at radius 1 is 1.12 bits per heavy atom. The van der Waals surface area contributed by atoms with Crippen molar-refractivity contribution in [2.24, 2.45) is 0 Å². The molecule has 3 aromatic carbocycles. The SMILES string of the molecule is COC(=O)c1cc(F)ccc1CN1Cc2c(c(OCc3ccc(OC)cc3)c3ncccc3c2N(C)S(C)(=O)=O)C1=O. The van der Waals surface area contributed by atoms with Crippen molar-refractivity contribution in [3.8, 4) is 11.5 Å². The van der Waals surface area contributed by atoms with Gasteiger partial charge in [0.25, 0.3) is 5.91 Å². The predicted molar refractivity (Wildman–Crippen MR) is 154 cm³/mol. The van der Waals surface area contributed by atoms with Crippen LogP contribution in [-0.2, 0) is 34.5 Å². The van der Waals surface area contributed by atoms with E-state index < -0.39 is 27.7 Å². The van der Waals surface area contributed by atoms with E-state index in [1.807, 2.05) is 12.1 Å². The summed E-state index contributed by atoms with van der Waals surface area (Å²) < 4.78 is 56.9. The molecule has 5 rings (SSSR count). The van der Waals surface area contributed by atoms with Crippen LogP contribution in [0.1, 0.15) is 37.4 Å². The normalized spacial score (nSPS) is 12.8. The van der Waals surface area contributed by atoms with Gasteiger partial charge >= 0.3 is 5.97 Å². The number of halogens is 1. The first-order valence-electron chi connectivity index (χ1n) is 12.8. The van der Waals surface area contributed by atoms with Crippen LogP contribution in [0.2, 0.25) is 0 Å². The zero-order valence-corrected chi connectivity index (χ0v) is 24.2. The summed E-state index contributed by atoms with van der Waals surface area (Å²) in [5, 5.41) is 0.487. The lowest BCUT2D eigenvalue weighted by Gasteiger charge is -2.23. The maximum Gasteiger partial charge on any atom is 0.338 e. The van der Waals surface area contributed by atoms with E-state index in [1.165, 1.54) is 37.4 Å². The lowest BCUT2D eigenvalue weighted by molar-refractivity contribution is 0.0594. The molecule has 0 spiro atoms. The molecule has 0 atom stereocenters. The van der Waals surface area contributed by atoms with Gasteiger partial charge < -0.3 is 19.1 Å². The molecular weight excluding hydrogens is 565 g/mol. The molecule has 12 heteroatoms. The monoisotopic (exact) mass is 593 g/mol. The number of hydrogen-bond donors (Lipinski definition) is 0. The van der Waals surface area contributed by atoms with E-state index in [4.69, 9.17) is 14.2 Å². The van der Waals surface area contributed by atoms with E-state index in [-0.39, 0.29) is 36.6 Å². The molecular formula is C30H28FN3O7S. The largest absolute Gasteiger partial charge is 0.497 e. The summed E-state index contributed by atoms with van der Waals surface area (Å²) in [4.78, 5) is 32.4. The smallest absolute Gasteiger partial charge is 0.338 e. The Labute approximate surface area is 242 Å². The van der Waals surface area contributed by atoms with Crippen LogP contribution < -0.4 is 13.8 Å². The van der Waals surface area contributed by atoms with E-state index >= 15 is 0 Å². The zero-order chi connectivity index (χ0) is 30.2. The topological polar surface area (TPSA) is 115 Å². The Balaban J connectivity index is 1.64. The molecule has 10 nitrogen and oxygen atoms in total. The fourth-order valence-electron chi connectivity index (χ4n) is 4.98. The van der Waals surface area contributed by atoms with Gasteiger partial charge in [-0.25, -0.2) is 17.6 Å². The number of ether oxygens (including phenoxy) is 3. The molecule has 0 saturated carbocycles. The third-order valence-corrected chi connectivity index (χ3v) is 8.31. The molecule has 4 aromatic rings. The van der Waals surface area contributed by atoms with Crippen LogP contribution >= 0.6 is 0 Å². The van der Waals surface area contributed by atoms with Gasteiger partial charge in [-0.3, -0.25) is 14.1 Å². The Bertz CT molecular complexity index is 1810. The molecule has 42 heavy (non-hydrogen) atoms. The van der Waals surface area contributed by atoms with Crippen molar-refractivity contribution in [2.75, 3.05) is 31.8 Å². The lowest BCUT2D eigenvalue weighted by atomic mass is 10.0. The number of nitrogens with zero attached hydrogens (tertiary/aromatic N) is 3. The number of carbonyl (C=O) groups is 2. The molecule has 1 amide bonds. The van der Waals surface area contributed by atoms with Gasteiger partial charge in [-0.15, -0.1) is 0 Å². The number of pyridine rings is 1. The van der Waals surface area contributed by atoms with Gasteiger partial charge in [0, 0.05) is 37.3 Å². The number of carbonyl (C=O) groups excluding carboxylic acids is 2. The number of fused-ring (bicyclic) bond motifs is 2. The van der Waals surface area contributed by atoms with Gasteiger partial charge in [0.1, 0.15) is 23.7 Å². The summed E-state index contributed by atoms with van der Waals surface area (Å²) in [7, 11) is 0.426. The number of amides is 1. The Morgan fingerprint density at radius 3 is 2.52 bits per heavy atom. The molecule has 0 unspecified atom stereocenters. The average Bonchev–Trinajstić information content (AvgIpc) is 3.30. The first-order valence-corrected chi connectivity index (χ1v) is 14.7. The summed E-state index contributed by atoms with van der Waals surface area (Å²) in [5.41, 5.74) is 2.38. The minimum absolute atomic E-state index is 0.00504. The van der Waals surface area contributed by atoms with Gasteiger partial charge in [-0.05, 0) is 47.5 Å². The summed E-state index contributed by atoms with van der Waals surface area (Å²) in [6.07, 6.45) is 2.61. The maximum absolute atomic E-state index is 14.0. The van der Waals surface area contributed by atoms with Crippen LogP contribution in [-0.4, -0.2) is 57.7 Å². The minimum atomic E-state index is -3.74. The van der Waals surface area contributed by atoms with E-state index in [9.17, 15) is 22.4 Å². The summed E-state index contributed by atoms with van der Waals surface area (Å²) in [6.45, 7) is 0.0358. The molecule has 0 radical (unpaired) electrons. The first-order chi connectivity index (χ1) is 20.0. The highest BCUT2D eigenvalue weighted by Gasteiger charge is 2.38. The third-order valence-electron chi connectivity index (χ3n) is 7.14. The molecule has 1 aliphatic rings. The van der Waals surface area contributed by atoms with Crippen molar-refractivity contribution in [3.63, 3.8) is 0 Å². The van der Waals surface area contributed by atoms with Crippen molar-refractivity contribution >= 4 is 38.5 Å². The van der Waals surface area contributed by atoms with Gasteiger partial charge in [0.05, 0.1) is 37.3 Å². The highest BCUT2D eigenvalue weighted by molar-refractivity contribution is 7.92. The van der Waals surface area contributed by atoms with Crippen molar-refractivity contribution in [1.82, 2.24) is 9.88 Å². The first kappa shape index (κ1) is 28.8. The van der Waals surface area contributed by atoms with Crippen molar-refractivity contribution in [2.45, 2.75) is 19.7 Å². The lowest BCUT2D eigenvalue weighted by Crippen LogP contribution is -2.27. The molecule has 0 bridgehead atoms. The number of aromatic nitrogens is 1. The van der Waals surface area contributed by atoms with Crippen molar-refractivity contribution < 1.29 is 36.6 Å². The molecule has 0 N–H and O–H groups in total. The zero-order valence-electron chi connectivity index (χ0n) is 23.4. The molecule has 1 aliphatic heterocycles. The molecule has 0 aliphatic carbocycles. The van der Waals surface area contributed by atoms with E-state index in [2.05, 4.69) is 4.98 Å². The van der Waals surface area contributed by atoms with Crippen LogP contribution in [0.15, 0.2) is 60.8 Å². The van der Waals surface area contributed by atoms with E-state index in [0.717, 1.165) is 22.2 Å². The van der Waals surface area contributed by atoms with E-state index in [0.29, 0.717) is 33.5 Å². The minimum Gasteiger partial charge on any atom is -0.497 e. The number of methoxy groups -OCH3 is 2. The number of rotatable bonds is 9. The van der Waals surface area contributed by atoms with Crippen LogP contribution in [0, 0.1) is 5.82 Å². The van der Waals surface area contributed by atoms with Gasteiger partial charge in [-0.1, -0.05) is 18.2 Å². The van der Waals surface area contributed by atoms with Crippen molar-refractivity contribution in [1.29, 1.82) is 0 Å². The number of esters is 1. The number of sulfonamides is 1. The highest BCUT2D eigenvalue weighted by atomic mass is 32.2. The third kappa shape index (κ3) is 5.32. The van der Waals surface area contributed by atoms with Crippen LogP contribution in [0.25, 0.3) is 10.9 Å². The second-order valence-corrected chi connectivity index (χ2v) is 11.8. The molecule has 0 fully saturated rings.